The third-order valence-electron chi connectivity index (χ3n) is 0.991. The quantitative estimate of drug-likeness (QED) is 0.721. The van der Waals surface area contributed by atoms with Crippen LogP contribution in [0.25, 0.3) is 0 Å². The van der Waals surface area contributed by atoms with E-state index in [1.165, 1.54) is 0 Å². The van der Waals surface area contributed by atoms with Gasteiger partial charge in [0.15, 0.2) is 0 Å². The van der Waals surface area contributed by atoms with Crippen molar-refractivity contribution < 1.29 is 6.14 Å². The lowest BCUT2D eigenvalue weighted by atomic mass is 10.4. The molecule has 0 N–H and O–H groups in total. The first-order chi connectivity index (χ1) is 4.72. The normalized spacial score (nSPS) is 10.2. The van der Waals surface area contributed by atoms with Crippen LogP contribution in [0, 0.1) is 7.14 Å². The van der Waals surface area contributed by atoms with Crippen molar-refractivity contribution in [1.29, 1.82) is 0 Å². The van der Waals surface area contributed by atoms with Gasteiger partial charge in [-0.2, -0.15) is 0 Å². The second-order valence-electron chi connectivity index (χ2n) is 1.63. The van der Waals surface area contributed by atoms with Crippen molar-refractivity contribution >= 4 is 42.4 Å². The van der Waals surface area contributed by atoms with Gasteiger partial charge in [0.25, 0.3) is 0 Å². The van der Waals surface area contributed by atoms with Crippen molar-refractivity contribution in [2.45, 2.75) is 0 Å². The SMILES string of the molecule is O=I(=O)c1ccccc1I. The first-order valence-corrected chi connectivity index (χ1v) is 6.43. The number of hydrogen-bond acceptors (Lipinski definition) is 2. The van der Waals surface area contributed by atoms with Crippen molar-refractivity contribution in [3.63, 3.8) is 0 Å². The summed E-state index contributed by atoms with van der Waals surface area (Å²) in [4.78, 5) is 0. The van der Waals surface area contributed by atoms with Crippen LogP contribution in [0.15, 0.2) is 24.3 Å². The Morgan fingerprint density at radius 1 is 1.20 bits per heavy atom. The van der Waals surface area contributed by atoms with Gasteiger partial charge in [0.2, 0.25) is 0 Å². The van der Waals surface area contributed by atoms with E-state index in [1.807, 2.05) is 28.7 Å². The smallest absolute Gasteiger partial charge is 0.230 e. The summed E-state index contributed by atoms with van der Waals surface area (Å²) in [5.74, 6) is 0. The molecule has 0 fully saturated rings. The highest BCUT2D eigenvalue weighted by Gasteiger charge is 2.00. The van der Waals surface area contributed by atoms with E-state index in [9.17, 15) is 6.14 Å². The zero-order chi connectivity index (χ0) is 7.56. The van der Waals surface area contributed by atoms with Crippen LogP contribution in [0.3, 0.4) is 0 Å². The molecule has 0 bridgehead atoms. The lowest BCUT2D eigenvalue weighted by molar-refractivity contribution is 0.610. The van der Waals surface area contributed by atoms with Crippen molar-refractivity contribution in [2.75, 3.05) is 0 Å². The van der Waals surface area contributed by atoms with Gasteiger partial charge in [-0.3, -0.25) is 0 Å². The summed E-state index contributed by atoms with van der Waals surface area (Å²) in [6.07, 6.45) is 0. The number of rotatable bonds is 1. The Hall–Kier alpha value is 0.280. The summed E-state index contributed by atoms with van der Waals surface area (Å²) in [5, 5.41) is 0. The standard InChI is InChI=1S/C6H4I2O2/c7-5-3-1-2-4-6(5)8(9)10/h1-4H. The Labute approximate surface area is 79.3 Å². The molecule has 1 aromatic carbocycles. The third kappa shape index (κ3) is 1.88. The maximum Gasteiger partial charge on any atom is 0.341 e. The summed E-state index contributed by atoms with van der Waals surface area (Å²) in [6.45, 7) is 0. The molecule has 54 valence electrons. The van der Waals surface area contributed by atoms with E-state index in [0.717, 1.165) is 3.57 Å². The lowest BCUT2D eigenvalue weighted by Crippen LogP contribution is -1.76. The largest absolute Gasteiger partial charge is 0.341 e. The molecular weight excluding hydrogens is 358 g/mol. The molecular formula is C6H4I2O2. The first-order valence-electron chi connectivity index (χ1n) is 2.51. The fourth-order valence-electron chi connectivity index (χ4n) is 0.564. The minimum atomic E-state index is -3.23. The van der Waals surface area contributed by atoms with Crippen LogP contribution in [0.2, 0.25) is 0 Å². The minimum Gasteiger partial charge on any atom is -0.230 e. The van der Waals surface area contributed by atoms with Gasteiger partial charge in [0, 0.05) is 3.57 Å². The van der Waals surface area contributed by atoms with E-state index in [2.05, 4.69) is 0 Å². The molecule has 0 aromatic heterocycles. The van der Waals surface area contributed by atoms with Gasteiger partial charge in [0.05, 0.1) is 3.57 Å². The van der Waals surface area contributed by atoms with E-state index in [0.29, 0.717) is 3.57 Å². The molecule has 0 amide bonds. The first kappa shape index (κ1) is 8.38. The monoisotopic (exact) mass is 362 g/mol. The van der Waals surface area contributed by atoms with Crippen LogP contribution in [0.1, 0.15) is 0 Å². The molecule has 0 heterocycles. The van der Waals surface area contributed by atoms with Crippen molar-refractivity contribution in [2.24, 2.45) is 0 Å². The second kappa shape index (κ2) is 3.61. The summed E-state index contributed by atoms with van der Waals surface area (Å²) in [7, 11) is 0. The summed E-state index contributed by atoms with van der Waals surface area (Å²) < 4.78 is 22.4. The zero-order valence-electron chi connectivity index (χ0n) is 4.88. The molecule has 0 saturated carbocycles. The van der Waals surface area contributed by atoms with Crippen LogP contribution in [-0.4, -0.2) is 0 Å². The molecule has 0 saturated heterocycles. The Balaban J connectivity index is 3.28. The molecule has 0 radical (unpaired) electrons. The Morgan fingerprint density at radius 2 is 1.80 bits per heavy atom. The van der Waals surface area contributed by atoms with Gasteiger partial charge in [0.1, 0.15) is 0 Å². The molecule has 2 nitrogen and oxygen atoms in total. The highest BCUT2D eigenvalue weighted by molar-refractivity contribution is 14.2. The van der Waals surface area contributed by atoms with Crippen molar-refractivity contribution in [3.8, 4) is 0 Å². The predicted molar refractivity (Wildman–Crippen MR) is 53.2 cm³/mol. The van der Waals surface area contributed by atoms with Gasteiger partial charge in [-0.25, -0.2) is 6.14 Å². The van der Waals surface area contributed by atoms with Crippen molar-refractivity contribution in [3.05, 3.63) is 31.4 Å². The highest BCUT2D eigenvalue weighted by Crippen LogP contribution is 2.22. The maximum atomic E-state index is 10.5. The molecule has 0 unspecified atom stereocenters. The van der Waals surface area contributed by atoms with Gasteiger partial charge in [-0.05, 0) is 34.7 Å². The van der Waals surface area contributed by atoms with E-state index in [-0.39, 0.29) is 0 Å². The van der Waals surface area contributed by atoms with Crippen LogP contribution in [-0.2, 0) is 6.14 Å². The fourth-order valence-corrected chi connectivity index (χ4v) is 3.17. The molecule has 1 aromatic rings. The third-order valence-corrected chi connectivity index (χ3v) is 4.85. The lowest BCUT2D eigenvalue weighted by Gasteiger charge is -1.89. The Kier molecular flexibility index (Phi) is 3.02. The number of hydrogen-bond donors (Lipinski definition) is 0. The van der Waals surface area contributed by atoms with E-state index >= 15 is 0 Å². The zero-order valence-corrected chi connectivity index (χ0v) is 9.20. The van der Waals surface area contributed by atoms with E-state index < -0.39 is 19.8 Å². The average Bonchev–Trinajstić information content (AvgIpc) is 1.88. The summed E-state index contributed by atoms with van der Waals surface area (Å²) in [5.41, 5.74) is 0. The molecule has 1 rings (SSSR count). The van der Waals surface area contributed by atoms with Crippen LogP contribution in [0.4, 0.5) is 0 Å². The van der Waals surface area contributed by atoms with E-state index in [4.69, 9.17) is 0 Å². The van der Waals surface area contributed by atoms with Crippen LogP contribution >= 0.6 is 42.4 Å². The topological polar surface area (TPSA) is 34.1 Å². The van der Waals surface area contributed by atoms with Gasteiger partial charge >= 0.3 is 19.8 Å². The van der Waals surface area contributed by atoms with E-state index in [1.54, 1.807) is 18.2 Å². The number of benzene rings is 1. The molecule has 0 atom stereocenters. The molecule has 0 aliphatic rings. The van der Waals surface area contributed by atoms with Gasteiger partial charge in [-0.15, -0.1) is 0 Å². The van der Waals surface area contributed by atoms with Crippen molar-refractivity contribution in [1.82, 2.24) is 0 Å². The summed E-state index contributed by atoms with van der Waals surface area (Å²) >= 11 is -1.22. The van der Waals surface area contributed by atoms with Gasteiger partial charge in [-0.1, -0.05) is 12.1 Å². The molecule has 0 aliphatic carbocycles. The molecule has 0 spiro atoms. The molecule has 0 aliphatic heterocycles. The minimum absolute atomic E-state index is 0.493. The highest BCUT2D eigenvalue weighted by atomic mass is 127. The molecule has 4 heteroatoms. The van der Waals surface area contributed by atoms with Gasteiger partial charge < -0.3 is 0 Å². The Morgan fingerprint density at radius 3 is 2.20 bits per heavy atom. The van der Waals surface area contributed by atoms with Crippen LogP contribution < -0.4 is 0 Å². The molecule has 10 heavy (non-hydrogen) atoms. The Bertz CT molecular complexity index is 296. The van der Waals surface area contributed by atoms with Crippen LogP contribution in [0.5, 0.6) is 0 Å². The maximum absolute atomic E-state index is 10.5. The average molecular weight is 362 g/mol. The summed E-state index contributed by atoms with van der Waals surface area (Å²) in [6, 6.07) is 6.98. The predicted octanol–water partition coefficient (Wildman–Crippen LogP) is 2.66. The fraction of sp³-hybridized carbons (Fsp3) is 0. The second-order valence-corrected chi connectivity index (χ2v) is 5.20. The number of halogens is 2.